The smallest absolute Gasteiger partial charge is 0.255 e. The maximum Gasteiger partial charge on any atom is 0.255 e. The Morgan fingerprint density at radius 2 is 2.07 bits per heavy atom. The first kappa shape index (κ1) is 18.7. The summed E-state index contributed by atoms with van der Waals surface area (Å²) in [5.74, 6) is -0.765. The number of carbonyl (C=O) groups excluding carboxylic acids is 3. The fourth-order valence-electron chi connectivity index (χ4n) is 5.27. The largest absolute Gasteiger partial charge is 0.376 e. The monoisotopic (exact) mass is 398 g/mol. The van der Waals surface area contributed by atoms with E-state index in [0.717, 1.165) is 38.2 Å². The molecule has 3 fully saturated rings. The topological polar surface area (TPSA) is 105 Å². The molecule has 0 saturated carbocycles. The lowest BCUT2D eigenvalue weighted by molar-refractivity contribution is -0.136. The molecular formula is C21H26N4O4. The highest BCUT2D eigenvalue weighted by molar-refractivity contribution is 6.05. The van der Waals surface area contributed by atoms with Gasteiger partial charge in [0.15, 0.2) is 0 Å². The van der Waals surface area contributed by atoms with E-state index in [1.54, 1.807) is 4.90 Å². The van der Waals surface area contributed by atoms with Crippen LogP contribution in [0.5, 0.6) is 0 Å². The predicted molar refractivity (Wildman–Crippen MR) is 104 cm³/mol. The van der Waals surface area contributed by atoms with E-state index in [9.17, 15) is 14.4 Å². The first-order valence-corrected chi connectivity index (χ1v) is 10.3. The molecule has 3 amide bonds. The molecule has 1 aromatic rings. The van der Waals surface area contributed by atoms with Crippen molar-refractivity contribution < 1.29 is 19.1 Å². The molecule has 8 nitrogen and oxygen atoms in total. The van der Waals surface area contributed by atoms with Gasteiger partial charge in [-0.2, -0.15) is 0 Å². The predicted octanol–water partition coefficient (Wildman–Crippen LogP) is -0.00280. The van der Waals surface area contributed by atoms with Crippen LogP contribution in [0.1, 0.15) is 40.7 Å². The number of hydrogen-bond donors (Lipinski definition) is 2. The Bertz CT molecular complexity index is 879. The van der Waals surface area contributed by atoms with Crippen LogP contribution in [0.25, 0.3) is 0 Å². The van der Waals surface area contributed by atoms with Gasteiger partial charge in [-0.25, -0.2) is 0 Å². The van der Waals surface area contributed by atoms with Crippen LogP contribution < -0.4 is 11.1 Å². The van der Waals surface area contributed by atoms with Crippen molar-refractivity contribution in [1.29, 1.82) is 0 Å². The molecule has 1 spiro atoms. The first-order chi connectivity index (χ1) is 14.0. The van der Waals surface area contributed by atoms with Crippen LogP contribution in [0.2, 0.25) is 0 Å². The number of nitrogens with one attached hydrogen (secondary N) is 1. The number of imide groups is 1. The van der Waals surface area contributed by atoms with Gasteiger partial charge in [-0.1, -0.05) is 12.1 Å². The van der Waals surface area contributed by atoms with Crippen molar-refractivity contribution in [3.8, 4) is 0 Å². The second-order valence-corrected chi connectivity index (χ2v) is 8.91. The van der Waals surface area contributed by atoms with Gasteiger partial charge in [-0.05, 0) is 30.0 Å². The summed E-state index contributed by atoms with van der Waals surface area (Å²) in [6.45, 7) is 4.68. The Balaban J connectivity index is 1.23. The zero-order valence-electron chi connectivity index (χ0n) is 16.4. The minimum atomic E-state index is -0.566. The van der Waals surface area contributed by atoms with Crippen molar-refractivity contribution in [2.45, 2.75) is 44.5 Å². The standard InChI is InChI=1S/C21H26N4O4/c22-7-15-6-21(12-29-15)10-24(11-21)8-13-1-2-16-14(5-13)9-25(20(16)28)17-3-4-18(26)23-19(17)27/h1-2,5,15,17H,3-4,6-12,22H2,(H,23,26,27). The molecule has 2 unspecified atom stereocenters. The Labute approximate surface area is 169 Å². The molecule has 3 saturated heterocycles. The summed E-state index contributed by atoms with van der Waals surface area (Å²) in [5.41, 5.74) is 8.78. The molecule has 8 heteroatoms. The molecular weight excluding hydrogens is 372 g/mol. The van der Waals surface area contributed by atoms with Crippen molar-refractivity contribution >= 4 is 17.7 Å². The zero-order chi connectivity index (χ0) is 20.2. The molecule has 5 rings (SSSR count). The molecule has 4 aliphatic rings. The van der Waals surface area contributed by atoms with Gasteiger partial charge in [-0.3, -0.25) is 24.6 Å². The van der Waals surface area contributed by atoms with Gasteiger partial charge in [0.25, 0.3) is 5.91 Å². The fourth-order valence-corrected chi connectivity index (χ4v) is 5.27. The third-order valence-electron chi connectivity index (χ3n) is 6.66. The normalized spacial score (nSPS) is 28.6. The summed E-state index contributed by atoms with van der Waals surface area (Å²) >= 11 is 0. The van der Waals surface area contributed by atoms with Crippen LogP contribution in [0.3, 0.4) is 0 Å². The van der Waals surface area contributed by atoms with Gasteiger partial charge >= 0.3 is 0 Å². The number of carbonyl (C=O) groups is 3. The van der Waals surface area contributed by atoms with Crippen LogP contribution in [-0.2, 0) is 27.4 Å². The minimum absolute atomic E-state index is 0.125. The number of amides is 3. The Hall–Kier alpha value is -2.29. The number of piperidine rings is 1. The van der Waals surface area contributed by atoms with Gasteiger partial charge in [0.05, 0.1) is 12.7 Å². The van der Waals surface area contributed by atoms with Crippen LogP contribution in [-0.4, -0.2) is 65.9 Å². The van der Waals surface area contributed by atoms with E-state index < -0.39 is 6.04 Å². The Morgan fingerprint density at radius 3 is 2.79 bits per heavy atom. The van der Waals surface area contributed by atoms with Crippen molar-refractivity contribution in [2.75, 3.05) is 26.2 Å². The fraction of sp³-hybridized carbons (Fsp3) is 0.571. The van der Waals surface area contributed by atoms with Crippen molar-refractivity contribution in [3.63, 3.8) is 0 Å². The maximum atomic E-state index is 12.8. The quantitative estimate of drug-likeness (QED) is 0.692. The molecule has 154 valence electrons. The summed E-state index contributed by atoms with van der Waals surface area (Å²) in [6, 6.07) is 5.39. The molecule has 1 aromatic carbocycles. The highest BCUT2D eigenvalue weighted by atomic mass is 16.5. The number of likely N-dealkylation sites (tertiary alicyclic amines) is 1. The zero-order valence-corrected chi connectivity index (χ0v) is 16.4. The summed E-state index contributed by atoms with van der Waals surface area (Å²) in [4.78, 5) is 40.3. The lowest BCUT2D eigenvalue weighted by atomic mass is 9.77. The number of fused-ring (bicyclic) bond motifs is 1. The Morgan fingerprint density at radius 1 is 1.24 bits per heavy atom. The molecule has 0 aromatic heterocycles. The van der Waals surface area contributed by atoms with Gasteiger partial charge in [0.2, 0.25) is 11.8 Å². The molecule has 29 heavy (non-hydrogen) atoms. The van der Waals surface area contributed by atoms with E-state index in [4.69, 9.17) is 10.5 Å². The summed E-state index contributed by atoms with van der Waals surface area (Å²) in [5, 5.41) is 2.34. The molecule has 0 aliphatic carbocycles. The van der Waals surface area contributed by atoms with Gasteiger partial charge in [-0.15, -0.1) is 0 Å². The second kappa shape index (κ2) is 6.90. The van der Waals surface area contributed by atoms with Crippen LogP contribution in [0, 0.1) is 5.41 Å². The van der Waals surface area contributed by atoms with E-state index in [1.807, 2.05) is 12.1 Å². The van der Waals surface area contributed by atoms with Gasteiger partial charge in [0.1, 0.15) is 6.04 Å². The van der Waals surface area contributed by atoms with E-state index >= 15 is 0 Å². The molecule has 4 aliphatic heterocycles. The molecule has 3 N–H and O–H groups in total. The lowest BCUT2D eigenvalue weighted by Gasteiger charge is -2.47. The lowest BCUT2D eigenvalue weighted by Crippen LogP contribution is -2.56. The summed E-state index contributed by atoms with van der Waals surface area (Å²) in [7, 11) is 0. The third kappa shape index (κ3) is 3.25. The average molecular weight is 398 g/mol. The summed E-state index contributed by atoms with van der Waals surface area (Å²) < 4.78 is 5.77. The molecule has 4 heterocycles. The third-order valence-corrected chi connectivity index (χ3v) is 6.66. The molecule has 2 atom stereocenters. The second-order valence-electron chi connectivity index (χ2n) is 8.91. The van der Waals surface area contributed by atoms with Crippen LogP contribution in [0.4, 0.5) is 0 Å². The summed E-state index contributed by atoms with van der Waals surface area (Å²) in [6.07, 6.45) is 1.90. The number of hydrogen-bond acceptors (Lipinski definition) is 6. The highest BCUT2D eigenvalue weighted by Gasteiger charge is 2.48. The maximum absolute atomic E-state index is 12.8. The minimum Gasteiger partial charge on any atom is -0.376 e. The number of nitrogens with two attached hydrogens (primary N) is 1. The SMILES string of the molecule is NCC1CC2(CO1)CN(Cc1ccc3c(c1)CN(C1CCC(=O)NC1=O)C3=O)C2. The number of rotatable bonds is 4. The molecule has 0 bridgehead atoms. The van der Waals surface area contributed by atoms with Crippen LogP contribution in [0.15, 0.2) is 18.2 Å². The number of ether oxygens (including phenoxy) is 1. The van der Waals surface area contributed by atoms with Crippen molar-refractivity contribution in [2.24, 2.45) is 11.1 Å². The average Bonchev–Trinajstić information content (AvgIpc) is 3.23. The first-order valence-electron chi connectivity index (χ1n) is 10.3. The van der Waals surface area contributed by atoms with E-state index in [-0.39, 0.29) is 35.7 Å². The highest BCUT2D eigenvalue weighted by Crippen LogP contribution is 2.41. The van der Waals surface area contributed by atoms with Crippen LogP contribution >= 0.6 is 0 Å². The molecule has 0 radical (unpaired) electrons. The number of benzene rings is 1. The van der Waals surface area contributed by atoms with E-state index in [1.165, 1.54) is 5.56 Å². The van der Waals surface area contributed by atoms with E-state index in [0.29, 0.717) is 25.1 Å². The van der Waals surface area contributed by atoms with Gasteiger partial charge < -0.3 is 15.4 Å². The Kier molecular flexibility index (Phi) is 4.45. The van der Waals surface area contributed by atoms with Crippen molar-refractivity contribution in [1.82, 2.24) is 15.1 Å². The van der Waals surface area contributed by atoms with Gasteiger partial charge in [0, 0.05) is 50.1 Å². The van der Waals surface area contributed by atoms with Crippen molar-refractivity contribution in [3.05, 3.63) is 34.9 Å². The number of nitrogens with zero attached hydrogens (tertiary/aromatic N) is 2. The van der Waals surface area contributed by atoms with E-state index in [2.05, 4.69) is 16.3 Å².